The summed E-state index contributed by atoms with van der Waals surface area (Å²) in [4.78, 5) is 27.5. The van der Waals surface area contributed by atoms with E-state index < -0.39 is 0 Å². The molecule has 0 N–H and O–H groups in total. The molecule has 2 fully saturated rings. The summed E-state index contributed by atoms with van der Waals surface area (Å²) in [6, 6.07) is 0.395. The molecule has 102 valence electrons. The quantitative estimate of drug-likeness (QED) is 0.768. The fourth-order valence-corrected chi connectivity index (χ4v) is 2.98. The number of hydrogen-bond acceptors (Lipinski definition) is 2. The Morgan fingerprint density at radius 3 is 2.61 bits per heavy atom. The van der Waals surface area contributed by atoms with Crippen molar-refractivity contribution in [3.8, 4) is 0 Å². The predicted octanol–water partition coefficient (Wildman–Crippen LogP) is 1.79. The molecule has 18 heavy (non-hydrogen) atoms. The Hall–Kier alpha value is -1.06. The molecule has 2 aliphatic rings. The highest BCUT2D eigenvalue weighted by Crippen LogP contribution is 2.22. The van der Waals surface area contributed by atoms with E-state index in [2.05, 4.69) is 0 Å². The molecule has 0 radical (unpaired) electrons. The van der Waals surface area contributed by atoms with Crippen LogP contribution in [0.2, 0.25) is 0 Å². The summed E-state index contributed by atoms with van der Waals surface area (Å²) in [5.74, 6) is 0.254. The maximum atomic E-state index is 12.2. The highest BCUT2D eigenvalue weighted by atomic mass is 16.2. The smallest absolute Gasteiger partial charge is 0.242 e. The van der Waals surface area contributed by atoms with Gasteiger partial charge in [0.2, 0.25) is 11.8 Å². The van der Waals surface area contributed by atoms with Crippen molar-refractivity contribution in [3.63, 3.8) is 0 Å². The minimum Gasteiger partial charge on any atom is -0.341 e. The third kappa shape index (κ3) is 3.24. The monoisotopic (exact) mass is 252 g/mol. The van der Waals surface area contributed by atoms with Crippen molar-refractivity contribution in [2.24, 2.45) is 0 Å². The van der Waals surface area contributed by atoms with Gasteiger partial charge in [-0.15, -0.1) is 0 Å². The average molecular weight is 252 g/mol. The lowest BCUT2D eigenvalue weighted by atomic mass is 9.94. The molecule has 1 heterocycles. The van der Waals surface area contributed by atoms with Crippen molar-refractivity contribution < 1.29 is 9.59 Å². The molecule has 2 rings (SSSR count). The van der Waals surface area contributed by atoms with Gasteiger partial charge in [-0.2, -0.15) is 0 Å². The first-order chi connectivity index (χ1) is 8.68. The lowest BCUT2D eigenvalue weighted by Gasteiger charge is -2.34. The number of likely N-dealkylation sites (tertiary alicyclic amines) is 1. The summed E-state index contributed by atoms with van der Waals surface area (Å²) >= 11 is 0. The second-order valence-corrected chi connectivity index (χ2v) is 5.57. The van der Waals surface area contributed by atoms with Crippen LogP contribution in [0, 0.1) is 0 Å². The van der Waals surface area contributed by atoms with Gasteiger partial charge in [0.1, 0.15) is 0 Å². The largest absolute Gasteiger partial charge is 0.341 e. The molecular weight excluding hydrogens is 228 g/mol. The van der Waals surface area contributed by atoms with E-state index in [0.29, 0.717) is 12.5 Å². The summed E-state index contributed by atoms with van der Waals surface area (Å²) in [6.07, 6.45) is 8.61. The van der Waals surface area contributed by atoms with Gasteiger partial charge in [0, 0.05) is 26.1 Å². The molecule has 2 amide bonds. The van der Waals surface area contributed by atoms with E-state index in [0.717, 1.165) is 32.2 Å². The SMILES string of the molecule is CN(C(=O)CN1CCCCC1=O)C1CCCCC1. The summed E-state index contributed by atoms with van der Waals surface area (Å²) < 4.78 is 0. The van der Waals surface area contributed by atoms with Crippen LogP contribution in [0.5, 0.6) is 0 Å². The maximum absolute atomic E-state index is 12.2. The van der Waals surface area contributed by atoms with Crippen LogP contribution in [-0.2, 0) is 9.59 Å². The lowest BCUT2D eigenvalue weighted by molar-refractivity contribution is -0.142. The number of hydrogen-bond donors (Lipinski definition) is 0. The first kappa shape index (κ1) is 13.4. The Balaban J connectivity index is 1.84. The van der Waals surface area contributed by atoms with Crippen LogP contribution in [0.3, 0.4) is 0 Å². The van der Waals surface area contributed by atoms with Gasteiger partial charge in [0.05, 0.1) is 6.54 Å². The van der Waals surface area contributed by atoms with Gasteiger partial charge in [0.25, 0.3) is 0 Å². The van der Waals surface area contributed by atoms with E-state index in [-0.39, 0.29) is 18.4 Å². The molecule has 0 aromatic rings. The molecule has 0 unspecified atom stereocenters. The normalized spacial score (nSPS) is 22.1. The van der Waals surface area contributed by atoms with Gasteiger partial charge in [-0.3, -0.25) is 9.59 Å². The third-order valence-electron chi connectivity index (χ3n) is 4.26. The zero-order valence-electron chi connectivity index (χ0n) is 11.4. The van der Waals surface area contributed by atoms with Gasteiger partial charge in [-0.25, -0.2) is 0 Å². The van der Waals surface area contributed by atoms with Crippen LogP contribution in [0.1, 0.15) is 51.4 Å². The Kier molecular flexibility index (Phi) is 4.61. The van der Waals surface area contributed by atoms with Crippen LogP contribution in [0.25, 0.3) is 0 Å². The van der Waals surface area contributed by atoms with Crippen molar-refractivity contribution in [1.29, 1.82) is 0 Å². The number of piperidine rings is 1. The van der Waals surface area contributed by atoms with Crippen LogP contribution in [0.15, 0.2) is 0 Å². The Morgan fingerprint density at radius 2 is 1.94 bits per heavy atom. The van der Waals surface area contributed by atoms with E-state index in [1.54, 1.807) is 4.90 Å². The fourth-order valence-electron chi connectivity index (χ4n) is 2.98. The average Bonchev–Trinajstić information content (AvgIpc) is 2.41. The predicted molar refractivity (Wildman–Crippen MR) is 70.1 cm³/mol. The summed E-state index contributed by atoms with van der Waals surface area (Å²) in [6.45, 7) is 1.04. The first-order valence-electron chi connectivity index (χ1n) is 7.22. The van der Waals surface area contributed by atoms with Crippen LogP contribution in [-0.4, -0.2) is 47.8 Å². The zero-order chi connectivity index (χ0) is 13.0. The van der Waals surface area contributed by atoms with Gasteiger partial charge in [0.15, 0.2) is 0 Å². The van der Waals surface area contributed by atoms with Crippen molar-refractivity contribution in [2.75, 3.05) is 20.1 Å². The van der Waals surface area contributed by atoms with E-state index in [4.69, 9.17) is 0 Å². The molecule has 1 saturated carbocycles. The molecule has 1 aliphatic carbocycles. The van der Waals surface area contributed by atoms with Gasteiger partial charge >= 0.3 is 0 Å². The van der Waals surface area contributed by atoms with Crippen molar-refractivity contribution in [2.45, 2.75) is 57.4 Å². The van der Waals surface area contributed by atoms with Gasteiger partial charge < -0.3 is 9.80 Å². The third-order valence-corrected chi connectivity index (χ3v) is 4.26. The number of rotatable bonds is 3. The molecule has 0 aromatic carbocycles. The number of carbonyl (C=O) groups is 2. The number of likely N-dealkylation sites (N-methyl/N-ethyl adjacent to an activating group) is 1. The topological polar surface area (TPSA) is 40.6 Å². The van der Waals surface area contributed by atoms with Crippen LogP contribution >= 0.6 is 0 Å². The number of amides is 2. The zero-order valence-corrected chi connectivity index (χ0v) is 11.4. The Morgan fingerprint density at radius 1 is 1.22 bits per heavy atom. The first-order valence-corrected chi connectivity index (χ1v) is 7.22. The van der Waals surface area contributed by atoms with Crippen molar-refractivity contribution in [1.82, 2.24) is 9.80 Å². The molecule has 1 saturated heterocycles. The van der Waals surface area contributed by atoms with Crippen LogP contribution < -0.4 is 0 Å². The van der Waals surface area contributed by atoms with Crippen molar-refractivity contribution >= 4 is 11.8 Å². The number of nitrogens with zero attached hydrogens (tertiary/aromatic N) is 2. The van der Waals surface area contributed by atoms with Crippen molar-refractivity contribution in [3.05, 3.63) is 0 Å². The van der Waals surface area contributed by atoms with Gasteiger partial charge in [-0.05, 0) is 25.7 Å². The highest BCUT2D eigenvalue weighted by Gasteiger charge is 2.26. The summed E-state index contributed by atoms with van der Waals surface area (Å²) in [5, 5.41) is 0. The lowest BCUT2D eigenvalue weighted by Crippen LogP contribution is -2.47. The molecule has 0 atom stereocenters. The van der Waals surface area contributed by atoms with E-state index in [1.807, 2.05) is 11.9 Å². The van der Waals surface area contributed by atoms with Crippen LogP contribution in [0.4, 0.5) is 0 Å². The summed E-state index contributed by atoms with van der Waals surface area (Å²) in [7, 11) is 1.90. The second-order valence-electron chi connectivity index (χ2n) is 5.57. The van der Waals surface area contributed by atoms with E-state index in [1.165, 1.54) is 19.3 Å². The Bertz CT molecular complexity index is 311. The second kappa shape index (κ2) is 6.21. The number of carbonyl (C=O) groups excluding carboxylic acids is 2. The molecule has 4 nitrogen and oxygen atoms in total. The standard InChI is InChI=1S/C14H24N2O2/c1-15(12-7-3-2-4-8-12)14(18)11-16-10-6-5-9-13(16)17/h12H,2-11H2,1H3. The molecule has 0 bridgehead atoms. The Labute approximate surface area is 109 Å². The fraction of sp³-hybridized carbons (Fsp3) is 0.857. The molecule has 0 aromatic heterocycles. The molecular formula is C14H24N2O2. The maximum Gasteiger partial charge on any atom is 0.242 e. The molecule has 1 aliphatic heterocycles. The van der Waals surface area contributed by atoms with Gasteiger partial charge in [-0.1, -0.05) is 19.3 Å². The van der Waals surface area contributed by atoms with E-state index >= 15 is 0 Å². The highest BCUT2D eigenvalue weighted by molar-refractivity contribution is 5.85. The minimum atomic E-state index is 0.108. The minimum absolute atomic E-state index is 0.108. The molecule has 4 heteroatoms. The molecule has 0 spiro atoms. The van der Waals surface area contributed by atoms with E-state index in [9.17, 15) is 9.59 Å². The summed E-state index contributed by atoms with van der Waals surface area (Å²) in [5.41, 5.74) is 0.